The zero-order valence-corrected chi connectivity index (χ0v) is 20.0. The lowest BCUT2D eigenvalue weighted by Crippen LogP contribution is -2.48. The second-order valence-electron chi connectivity index (χ2n) is 7.88. The Bertz CT molecular complexity index is 937. The van der Waals surface area contributed by atoms with Crippen LogP contribution in [0.5, 0.6) is 0 Å². The van der Waals surface area contributed by atoms with Crippen LogP contribution >= 0.6 is 23.4 Å². The number of hydrogen-bond donors (Lipinski definition) is 1. The molecule has 2 rings (SSSR count). The Kier molecular flexibility index (Phi) is 9.99. The maximum absolute atomic E-state index is 13.1. The third-order valence-corrected chi connectivity index (χ3v) is 5.96. The van der Waals surface area contributed by atoms with Crippen molar-refractivity contribution in [3.63, 3.8) is 0 Å². The number of halogens is 1. The van der Waals surface area contributed by atoms with E-state index in [1.165, 1.54) is 23.9 Å². The molecule has 0 spiro atoms. The van der Waals surface area contributed by atoms with Gasteiger partial charge in [0.25, 0.3) is 5.69 Å². The molecule has 1 unspecified atom stereocenters. The van der Waals surface area contributed by atoms with Crippen LogP contribution in [0.3, 0.4) is 0 Å². The lowest BCUT2D eigenvalue weighted by Gasteiger charge is -2.29. The summed E-state index contributed by atoms with van der Waals surface area (Å²) in [5.41, 5.74) is 1.76. The van der Waals surface area contributed by atoms with Crippen molar-refractivity contribution < 1.29 is 14.5 Å². The topological polar surface area (TPSA) is 92.6 Å². The van der Waals surface area contributed by atoms with E-state index in [1.54, 1.807) is 36.1 Å². The number of rotatable bonds is 11. The molecule has 0 aliphatic heterocycles. The number of nitro benzene ring substituents is 1. The molecule has 1 atom stereocenters. The summed E-state index contributed by atoms with van der Waals surface area (Å²) in [6.07, 6.45) is 0. The van der Waals surface area contributed by atoms with Gasteiger partial charge in [-0.05, 0) is 36.1 Å². The molecule has 2 aromatic carbocycles. The number of amides is 2. The van der Waals surface area contributed by atoms with Crippen LogP contribution in [0.25, 0.3) is 0 Å². The summed E-state index contributed by atoms with van der Waals surface area (Å²) in [5, 5.41) is 14.2. The first-order valence-corrected chi connectivity index (χ1v) is 11.8. The monoisotopic (exact) mass is 477 g/mol. The van der Waals surface area contributed by atoms with Gasteiger partial charge in [0, 0.05) is 36.0 Å². The molecule has 0 aromatic heterocycles. The summed E-state index contributed by atoms with van der Waals surface area (Å²) in [7, 11) is 0. The van der Waals surface area contributed by atoms with Gasteiger partial charge in [0.05, 0.1) is 10.7 Å². The molecular formula is C23H28ClN3O4S. The molecule has 7 nitrogen and oxygen atoms in total. The maximum atomic E-state index is 13.1. The molecule has 1 N–H and O–H groups in total. The molecule has 0 heterocycles. The van der Waals surface area contributed by atoms with Crippen LogP contribution in [-0.4, -0.2) is 40.0 Å². The van der Waals surface area contributed by atoms with Crippen molar-refractivity contribution in [3.8, 4) is 0 Å². The molecule has 2 amide bonds. The first kappa shape index (κ1) is 25.7. The smallest absolute Gasteiger partial charge is 0.269 e. The van der Waals surface area contributed by atoms with Gasteiger partial charge in [-0.3, -0.25) is 19.7 Å². The Hall–Kier alpha value is -2.58. The van der Waals surface area contributed by atoms with Crippen molar-refractivity contribution >= 4 is 40.9 Å². The van der Waals surface area contributed by atoms with Gasteiger partial charge in [-0.1, -0.05) is 49.7 Å². The fourth-order valence-electron chi connectivity index (χ4n) is 2.92. The highest BCUT2D eigenvalue weighted by atomic mass is 35.5. The highest BCUT2D eigenvalue weighted by molar-refractivity contribution is 7.99. The predicted octanol–water partition coefficient (Wildman–Crippen LogP) is 4.67. The van der Waals surface area contributed by atoms with E-state index in [9.17, 15) is 19.7 Å². The van der Waals surface area contributed by atoms with Gasteiger partial charge < -0.3 is 10.2 Å². The number of carbonyl (C=O) groups is 2. The zero-order chi connectivity index (χ0) is 23.7. The minimum atomic E-state index is -0.639. The van der Waals surface area contributed by atoms with E-state index in [-0.39, 0.29) is 29.8 Å². The summed E-state index contributed by atoms with van der Waals surface area (Å²) in [5.74, 6) is 0.654. The summed E-state index contributed by atoms with van der Waals surface area (Å²) in [4.78, 5) is 37.6. The maximum Gasteiger partial charge on any atom is 0.269 e. The first-order valence-electron chi connectivity index (χ1n) is 10.3. The Morgan fingerprint density at radius 3 is 2.41 bits per heavy atom. The number of non-ortho nitro benzene ring substituents is 1. The van der Waals surface area contributed by atoms with Crippen molar-refractivity contribution in [3.05, 3.63) is 74.8 Å². The third kappa shape index (κ3) is 8.16. The molecule has 0 saturated heterocycles. The highest BCUT2D eigenvalue weighted by Gasteiger charge is 2.26. The Labute approximate surface area is 197 Å². The molecule has 0 aliphatic rings. The standard InChI is InChI=1S/C23H28ClN3O4S/c1-16(2)12-25-23(29)17(3)26(13-19-5-4-6-20(24)11-19)22(28)15-32-14-18-7-9-21(10-8-18)27(30)31/h4-11,16-17H,12-15H2,1-3H3,(H,25,29). The van der Waals surface area contributed by atoms with Crippen LogP contribution in [0, 0.1) is 16.0 Å². The minimum Gasteiger partial charge on any atom is -0.354 e. The van der Waals surface area contributed by atoms with E-state index in [4.69, 9.17) is 11.6 Å². The van der Waals surface area contributed by atoms with Gasteiger partial charge in [-0.2, -0.15) is 0 Å². The fourth-order valence-corrected chi connectivity index (χ4v) is 4.00. The van der Waals surface area contributed by atoms with Crippen LogP contribution < -0.4 is 5.32 Å². The zero-order valence-electron chi connectivity index (χ0n) is 18.4. The molecule has 0 aliphatic carbocycles. The molecular weight excluding hydrogens is 450 g/mol. The molecule has 0 fully saturated rings. The summed E-state index contributed by atoms with van der Waals surface area (Å²) in [6.45, 7) is 6.55. The van der Waals surface area contributed by atoms with Gasteiger partial charge >= 0.3 is 0 Å². The summed E-state index contributed by atoms with van der Waals surface area (Å²) < 4.78 is 0. The van der Waals surface area contributed by atoms with Crippen LogP contribution in [0.2, 0.25) is 5.02 Å². The highest BCUT2D eigenvalue weighted by Crippen LogP contribution is 2.19. The molecule has 9 heteroatoms. The van der Waals surface area contributed by atoms with Gasteiger partial charge in [-0.25, -0.2) is 0 Å². The van der Waals surface area contributed by atoms with E-state index >= 15 is 0 Å². The minimum absolute atomic E-state index is 0.0313. The molecule has 172 valence electrons. The second kappa shape index (κ2) is 12.5. The van der Waals surface area contributed by atoms with Crippen LogP contribution in [-0.2, 0) is 21.9 Å². The predicted molar refractivity (Wildman–Crippen MR) is 129 cm³/mol. The lowest BCUT2D eigenvalue weighted by molar-refractivity contribution is -0.384. The van der Waals surface area contributed by atoms with Crippen molar-refractivity contribution in [1.29, 1.82) is 0 Å². The van der Waals surface area contributed by atoms with Crippen molar-refractivity contribution in [1.82, 2.24) is 10.2 Å². The largest absolute Gasteiger partial charge is 0.354 e. The summed E-state index contributed by atoms with van der Waals surface area (Å²) in [6, 6.07) is 12.8. The molecule has 0 saturated carbocycles. The number of nitro groups is 1. The summed E-state index contributed by atoms with van der Waals surface area (Å²) >= 11 is 7.49. The Morgan fingerprint density at radius 2 is 1.81 bits per heavy atom. The molecule has 32 heavy (non-hydrogen) atoms. The van der Waals surface area contributed by atoms with Crippen molar-refractivity contribution in [2.24, 2.45) is 5.92 Å². The Morgan fingerprint density at radius 1 is 1.12 bits per heavy atom. The second-order valence-corrected chi connectivity index (χ2v) is 9.30. The van der Waals surface area contributed by atoms with E-state index in [2.05, 4.69) is 5.32 Å². The van der Waals surface area contributed by atoms with Crippen molar-refractivity contribution in [2.75, 3.05) is 12.3 Å². The average Bonchev–Trinajstić information content (AvgIpc) is 2.75. The van der Waals surface area contributed by atoms with E-state index < -0.39 is 11.0 Å². The number of hydrogen-bond acceptors (Lipinski definition) is 5. The first-order chi connectivity index (χ1) is 15.2. The van der Waals surface area contributed by atoms with Gasteiger partial charge in [0.2, 0.25) is 11.8 Å². The van der Waals surface area contributed by atoms with E-state index in [1.807, 2.05) is 26.0 Å². The van der Waals surface area contributed by atoms with Crippen molar-refractivity contribution in [2.45, 2.75) is 39.1 Å². The SMILES string of the molecule is CC(C)CNC(=O)C(C)N(Cc1cccc(Cl)c1)C(=O)CSCc1ccc([N+](=O)[O-])cc1. The normalized spacial score (nSPS) is 11.8. The van der Waals surface area contributed by atoms with Crippen LogP contribution in [0.4, 0.5) is 5.69 Å². The molecule has 0 bridgehead atoms. The van der Waals surface area contributed by atoms with Gasteiger partial charge in [0.1, 0.15) is 6.04 Å². The quantitative estimate of drug-likeness (QED) is 0.375. The van der Waals surface area contributed by atoms with E-state index in [0.717, 1.165) is 11.1 Å². The fraction of sp³-hybridized carbons (Fsp3) is 0.391. The number of nitrogens with one attached hydrogen (secondary N) is 1. The lowest BCUT2D eigenvalue weighted by atomic mass is 10.1. The van der Waals surface area contributed by atoms with E-state index in [0.29, 0.717) is 23.2 Å². The van der Waals surface area contributed by atoms with Crippen LogP contribution in [0.1, 0.15) is 31.9 Å². The number of benzene rings is 2. The van der Waals surface area contributed by atoms with Gasteiger partial charge in [0.15, 0.2) is 0 Å². The number of carbonyl (C=O) groups excluding carboxylic acids is 2. The Balaban J connectivity index is 2.04. The van der Waals surface area contributed by atoms with Crippen LogP contribution in [0.15, 0.2) is 48.5 Å². The molecule has 0 radical (unpaired) electrons. The third-order valence-electron chi connectivity index (χ3n) is 4.74. The number of thioether (sulfide) groups is 1. The molecule has 2 aromatic rings. The number of nitrogens with zero attached hydrogens (tertiary/aromatic N) is 2. The average molecular weight is 478 g/mol. The van der Waals surface area contributed by atoms with Gasteiger partial charge in [-0.15, -0.1) is 11.8 Å².